The summed E-state index contributed by atoms with van der Waals surface area (Å²) in [4.78, 5) is 11.6. The predicted molar refractivity (Wildman–Crippen MR) is 79.7 cm³/mol. The van der Waals surface area contributed by atoms with Crippen molar-refractivity contribution >= 4 is 17.3 Å². The van der Waals surface area contributed by atoms with E-state index in [-0.39, 0.29) is 10.6 Å². The molecule has 106 valence electrons. The molecular weight excluding hydrogens is 278 g/mol. The number of nitrogens with zero attached hydrogens (tertiary/aromatic N) is 2. The number of anilines is 1. The van der Waals surface area contributed by atoms with E-state index in [0.29, 0.717) is 12.2 Å². The highest BCUT2D eigenvalue weighted by atomic mass is 35.5. The van der Waals surface area contributed by atoms with Crippen LogP contribution < -0.4 is 15.6 Å². The predicted octanol–water partition coefficient (Wildman–Crippen LogP) is 2.10. The Kier molecular flexibility index (Phi) is 4.63. The molecule has 20 heavy (non-hydrogen) atoms. The van der Waals surface area contributed by atoms with Crippen LogP contribution in [0.2, 0.25) is 5.02 Å². The van der Waals surface area contributed by atoms with Crippen LogP contribution in [0.15, 0.2) is 35.3 Å². The third kappa shape index (κ3) is 3.11. The minimum absolute atomic E-state index is 0.155. The molecule has 2 rings (SSSR count). The average molecular weight is 294 g/mol. The summed E-state index contributed by atoms with van der Waals surface area (Å²) >= 11 is 5.98. The molecule has 0 aliphatic carbocycles. The molecular formula is C14H16ClN3O2. The zero-order valence-corrected chi connectivity index (χ0v) is 12.1. The molecule has 5 nitrogen and oxygen atoms in total. The molecule has 1 aromatic heterocycles. The van der Waals surface area contributed by atoms with Gasteiger partial charge in [-0.1, -0.05) is 29.8 Å². The number of rotatable bonds is 5. The SMILES string of the molecule is COc1ccccc1CCNc1cnn(C)c(=O)c1Cl. The van der Waals surface area contributed by atoms with Crippen LogP contribution in [0, 0.1) is 0 Å². The van der Waals surface area contributed by atoms with Crippen molar-refractivity contribution in [2.24, 2.45) is 7.05 Å². The molecule has 0 saturated heterocycles. The Balaban J connectivity index is 2.03. The maximum Gasteiger partial charge on any atom is 0.287 e. The molecule has 1 heterocycles. The van der Waals surface area contributed by atoms with Crippen LogP contribution in [0.4, 0.5) is 5.69 Å². The molecule has 6 heteroatoms. The number of methoxy groups -OCH3 is 1. The van der Waals surface area contributed by atoms with Gasteiger partial charge in [0.1, 0.15) is 10.8 Å². The molecule has 0 unspecified atom stereocenters. The molecule has 0 aliphatic heterocycles. The Morgan fingerprint density at radius 2 is 2.15 bits per heavy atom. The van der Waals surface area contributed by atoms with Crippen LogP contribution in [0.5, 0.6) is 5.75 Å². The quantitative estimate of drug-likeness (QED) is 0.917. The highest BCUT2D eigenvalue weighted by Crippen LogP contribution is 2.19. The number of aryl methyl sites for hydroxylation is 1. The second-order valence-electron chi connectivity index (χ2n) is 4.29. The van der Waals surface area contributed by atoms with E-state index in [0.717, 1.165) is 17.7 Å². The van der Waals surface area contributed by atoms with Gasteiger partial charge in [-0.2, -0.15) is 5.10 Å². The van der Waals surface area contributed by atoms with Gasteiger partial charge >= 0.3 is 0 Å². The summed E-state index contributed by atoms with van der Waals surface area (Å²) in [7, 11) is 3.21. The molecule has 0 amide bonds. The van der Waals surface area contributed by atoms with Crippen molar-refractivity contribution < 1.29 is 4.74 Å². The molecule has 1 N–H and O–H groups in total. The van der Waals surface area contributed by atoms with Gasteiger partial charge in [-0.15, -0.1) is 0 Å². The van der Waals surface area contributed by atoms with Crippen molar-refractivity contribution in [1.29, 1.82) is 0 Å². The van der Waals surface area contributed by atoms with E-state index in [1.54, 1.807) is 20.4 Å². The lowest BCUT2D eigenvalue weighted by molar-refractivity contribution is 0.410. The zero-order valence-electron chi connectivity index (χ0n) is 11.4. The van der Waals surface area contributed by atoms with Crippen molar-refractivity contribution in [3.8, 4) is 5.75 Å². The molecule has 0 spiro atoms. The average Bonchev–Trinajstić information content (AvgIpc) is 2.47. The first kappa shape index (κ1) is 14.4. The van der Waals surface area contributed by atoms with E-state index in [1.165, 1.54) is 4.68 Å². The molecule has 0 radical (unpaired) electrons. The first-order valence-electron chi connectivity index (χ1n) is 6.21. The van der Waals surface area contributed by atoms with Crippen molar-refractivity contribution in [3.05, 3.63) is 51.4 Å². The van der Waals surface area contributed by atoms with E-state index in [9.17, 15) is 4.79 Å². The maximum absolute atomic E-state index is 11.6. The summed E-state index contributed by atoms with van der Waals surface area (Å²) in [5.41, 5.74) is 1.33. The van der Waals surface area contributed by atoms with Gasteiger partial charge in [-0.25, -0.2) is 4.68 Å². The molecule has 1 aromatic carbocycles. The van der Waals surface area contributed by atoms with Crippen LogP contribution in [0.3, 0.4) is 0 Å². The minimum atomic E-state index is -0.311. The highest BCUT2D eigenvalue weighted by molar-refractivity contribution is 6.32. The van der Waals surface area contributed by atoms with Gasteiger partial charge in [0.2, 0.25) is 0 Å². The summed E-state index contributed by atoms with van der Waals surface area (Å²) in [6.45, 7) is 0.634. The number of aromatic nitrogens is 2. The number of benzene rings is 1. The molecule has 0 aliphatic rings. The Morgan fingerprint density at radius 1 is 1.40 bits per heavy atom. The number of hydrogen-bond acceptors (Lipinski definition) is 4. The standard InChI is InChI=1S/C14H16ClN3O2/c1-18-14(19)13(15)11(9-17-18)16-8-7-10-5-3-4-6-12(10)20-2/h3-6,9,16H,7-8H2,1-2H3. The van der Waals surface area contributed by atoms with Gasteiger partial charge in [-0.3, -0.25) is 4.79 Å². The zero-order chi connectivity index (χ0) is 14.5. The van der Waals surface area contributed by atoms with E-state index in [4.69, 9.17) is 16.3 Å². The molecule has 0 saturated carbocycles. The van der Waals surface area contributed by atoms with Crippen LogP contribution in [-0.2, 0) is 13.5 Å². The van der Waals surface area contributed by atoms with Crippen LogP contribution in [0.25, 0.3) is 0 Å². The second kappa shape index (κ2) is 6.43. The number of halogens is 1. The third-order valence-electron chi connectivity index (χ3n) is 2.98. The number of ether oxygens (including phenoxy) is 1. The van der Waals surface area contributed by atoms with E-state index in [1.807, 2.05) is 24.3 Å². The largest absolute Gasteiger partial charge is 0.496 e. The second-order valence-corrected chi connectivity index (χ2v) is 4.67. The first-order valence-corrected chi connectivity index (χ1v) is 6.59. The summed E-state index contributed by atoms with van der Waals surface area (Å²) in [5.74, 6) is 0.850. The molecule has 0 bridgehead atoms. The van der Waals surface area contributed by atoms with Crippen LogP contribution in [-0.4, -0.2) is 23.4 Å². The summed E-state index contributed by atoms with van der Waals surface area (Å²) in [6, 6.07) is 7.81. The van der Waals surface area contributed by atoms with Gasteiger partial charge < -0.3 is 10.1 Å². The lowest BCUT2D eigenvalue weighted by Gasteiger charge is -2.10. The Labute approximate surface area is 122 Å². The number of nitrogens with one attached hydrogen (secondary N) is 1. The van der Waals surface area contributed by atoms with E-state index in [2.05, 4.69) is 10.4 Å². The summed E-state index contributed by atoms with van der Waals surface area (Å²) in [6.07, 6.45) is 2.31. The van der Waals surface area contributed by atoms with Gasteiger partial charge in [0.25, 0.3) is 5.56 Å². The molecule has 2 aromatic rings. The van der Waals surface area contributed by atoms with Crippen molar-refractivity contribution in [3.63, 3.8) is 0 Å². The van der Waals surface area contributed by atoms with Gasteiger partial charge in [0, 0.05) is 13.6 Å². The third-order valence-corrected chi connectivity index (χ3v) is 3.35. The summed E-state index contributed by atoms with van der Waals surface area (Å²) in [5, 5.41) is 7.20. The highest BCUT2D eigenvalue weighted by Gasteiger charge is 2.07. The van der Waals surface area contributed by atoms with Crippen molar-refractivity contribution in [2.75, 3.05) is 19.0 Å². The van der Waals surface area contributed by atoms with Crippen molar-refractivity contribution in [2.45, 2.75) is 6.42 Å². The Morgan fingerprint density at radius 3 is 2.90 bits per heavy atom. The smallest absolute Gasteiger partial charge is 0.287 e. The van der Waals surface area contributed by atoms with Gasteiger partial charge in [-0.05, 0) is 18.1 Å². The maximum atomic E-state index is 11.6. The monoisotopic (exact) mass is 293 g/mol. The fourth-order valence-electron chi connectivity index (χ4n) is 1.88. The lowest BCUT2D eigenvalue weighted by Crippen LogP contribution is -2.21. The normalized spacial score (nSPS) is 10.3. The van der Waals surface area contributed by atoms with Gasteiger partial charge in [0.15, 0.2) is 0 Å². The number of hydrogen-bond donors (Lipinski definition) is 1. The van der Waals surface area contributed by atoms with Crippen molar-refractivity contribution in [1.82, 2.24) is 9.78 Å². The lowest BCUT2D eigenvalue weighted by atomic mass is 10.1. The van der Waals surface area contributed by atoms with Gasteiger partial charge in [0.05, 0.1) is 19.0 Å². The fraction of sp³-hybridized carbons (Fsp3) is 0.286. The molecule has 0 fully saturated rings. The van der Waals surface area contributed by atoms with E-state index >= 15 is 0 Å². The topological polar surface area (TPSA) is 56.1 Å². The van der Waals surface area contributed by atoms with Crippen LogP contribution >= 0.6 is 11.6 Å². The Hall–Kier alpha value is -2.01. The van der Waals surface area contributed by atoms with Crippen LogP contribution in [0.1, 0.15) is 5.56 Å². The summed E-state index contributed by atoms with van der Waals surface area (Å²) < 4.78 is 6.49. The Bertz CT molecular complexity index is 655. The minimum Gasteiger partial charge on any atom is -0.496 e. The first-order chi connectivity index (χ1) is 9.63. The molecule has 0 atom stereocenters. The number of para-hydroxylation sites is 1. The fourth-order valence-corrected chi connectivity index (χ4v) is 2.11. The van der Waals surface area contributed by atoms with E-state index < -0.39 is 0 Å².